The van der Waals surface area contributed by atoms with Crippen LogP contribution >= 0.6 is 0 Å². The van der Waals surface area contributed by atoms with Crippen molar-refractivity contribution in [2.75, 3.05) is 33.9 Å². The number of Topliss-reactive ketones (excluding diaryl/α,β-unsaturated/α-hetero) is 2. The Hall–Kier alpha value is -14.8. The lowest BCUT2D eigenvalue weighted by atomic mass is 9.77. The van der Waals surface area contributed by atoms with E-state index in [0.717, 1.165) is 64.1 Å². The second-order valence-electron chi connectivity index (χ2n) is 30.4. The maximum absolute atomic E-state index is 15.1. The third-order valence-corrected chi connectivity index (χ3v) is 21.3. The van der Waals surface area contributed by atoms with Gasteiger partial charge in [-0.05, 0) is 95.0 Å². The molecule has 10 aromatic rings. The zero-order valence-electron chi connectivity index (χ0n) is 70.7. The van der Waals surface area contributed by atoms with Crippen molar-refractivity contribution in [2.45, 2.75) is 139 Å². The van der Waals surface area contributed by atoms with Crippen LogP contribution in [0, 0.1) is 0 Å². The van der Waals surface area contributed by atoms with Crippen molar-refractivity contribution in [3.63, 3.8) is 0 Å². The number of fused-ring (bicyclic) bond motifs is 4. The Balaban J connectivity index is 0.000000324. The minimum Gasteiger partial charge on any atom is -0.469 e. The quantitative estimate of drug-likeness (QED) is 0.0114. The molecule has 31 nitrogen and oxygen atoms in total. The van der Waals surface area contributed by atoms with Crippen molar-refractivity contribution in [3.05, 3.63) is 311 Å². The van der Waals surface area contributed by atoms with Crippen LogP contribution in [0.1, 0.15) is 117 Å². The average Bonchev–Trinajstić information content (AvgIpc) is 1.36. The summed E-state index contributed by atoms with van der Waals surface area (Å²) in [6.07, 6.45) is -5.08. The van der Waals surface area contributed by atoms with Crippen LogP contribution in [0.5, 0.6) is 0 Å². The molecule has 0 spiro atoms. The first-order chi connectivity index (χ1) is 61.0. The second kappa shape index (κ2) is 46.2. The van der Waals surface area contributed by atoms with Gasteiger partial charge in [0.1, 0.15) is 65.5 Å². The number of methoxy groups -OCH3 is 2. The summed E-state index contributed by atoms with van der Waals surface area (Å²) in [5.74, 6) is -11.2. The Morgan fingerprint density at radius 1 is 0.398 bits per heavy atom. The predicted octanol–water partition coefficient (Wildman–Crippen LogP) is 6.29. The lowest BCUT2D eigenvalue weighted by Gasteiger charge is -2.37. The molecule has 1 aromatic heterocycles. The molecule has 1 aliphatic rings. The van der Waals surface area contributed by atoms with E-state index >= 15 is 9.59 Å². The summed E-state index contributed by atoms with van der Waals surface area (Å²) in [6.45, 7) is 4.07. The lowest BCUT2D eigenvalue weighted by Crippen LogP contribution is -2.61. The van der Waals surface area contributed by atoms with Gasteiger partial charge >= 0.3 is 18.0 Å². The Labute approximate surface area is 740 Å². The minimum atomic E-state index is -1.85. The minimum absolute atomic E-state index is 0. The molecule has 31 heteroatoms. The van der Waals surface area contributed by atoms with Gasteiger partial charge in [-0.25, -0.2) is 4.79 Å². The molecule has 1 heterocycles. The fourth-order valence-corrected chi connectivity index (χ4v) is 15.0. The summed E-state index contributed by atoms with van der Waals surface area (Å²) in [5.41, 5.74) is 13.1. The van der Waals surface area contributed by atoms with Crippen molar-refractivity contribution in [2.24, 2.45) is 5.73 Å². The first kappa shape index (κ1) is 97.0. The van der Waals surface area contributed by atoms with Gasteiger partial charge in [-0.1, -0.05) is 256 Å². The Bertz CT molecular complexity index is 5290. The zero-order valence-corrected chi connectivity index (χ0v) is 70.7. The third-order valence-electron chi connectivity index (χ3n) is 21.3. The summed E-state index contributed by atoms with van der Waals surface area (Å²) in [7, 11) is 2.14. The van der Waals surface area contributed by atoms with Crippen molar-refractivity contribution < 1.29 is 91.5 Å². The number of aromatic amines is 1. The van der Waals surface area contributed by atoms with Crippen LogP contribution in [0.2, 0.25) is 0 Å². The number of para-hydroxylation sites is 1. The van der Waals surface area contributed by atoms with E-state index in [2.05, 4.69) is 62.9 Å². The summed E-state index contributed by atoms with van der Waals surface area (Å²) in [6, 6.07) is 67.0. The molecule has 1 aliphatic carbocycles. The molecule has 0 radical (unpaired) electrons. The second-order valence-corrected chi connectivity index (χ2v) is 30.4. The number of aromatic nitrogens is 1. The van der Waals surface area contributed by atoms with E-state index in [4.69, 9.17) is 15.2 Å². The maximum atomic E-state index is 15.1. The van der Waals surface area contributed by atoms with Crippen LogP contribution < -0.4 is 58.9 Å². The van der Waals surface area contributed by atoms with Gasteiger partial charge in [0.15, 0.2) is 0 Å². The standard InChI is InChI=1S/C61H61N7O11.C35H41N5O8.CH4/c1-37(69)34-63-59(76)55(38(2)70)67-58(75)52(33-54(72)78-3)65-57(74)51(32-53(71)68-61(40-19-7-4-8-20-40,41-21-9-5-10-22-41)42-23-11-6-12-24-42)64-56(73)50(31-39-35-62-49-30-18-17-25-43(39)49)66-60(77)79-36-48-46-28-15-13-26-44(46)45-27-14-16-29-47(45)48;1-22(41)21-37-34(47)31(23(2)42)39-33(46)28(20-30(44)48-3)38-32(45)27(36)19-29(43)40-35(24-13-7-4-8-14-24,25-15-9-5-10-16-25)26-17-11-6-12-18-26;/h4-30,35,38,48,50-52,55,62,70H,31-34,36H2,1-3H3,(H,63,76)(H,64,73)(H,65,74)(H,66,77)(H,67,75)(H,68,71);4-18,23,27-28,31,42H,19-21,36H2,1-3H3,(H,37,47)(H,38,45)(H,39,46)(H,40,43);1H4. The molecule has 11 rings (SSSR count). The number of amides is 10. The first-order valence-corrected chi connectivity index (χ1v) is 41.0. The van der Waals surface area contributed by atoms with Gasteiger partial charge in [-0.15, -0.1) is 0 Å². The number of aliphatic hydroxyl groups is 2. The maximum Gasteiger partial charge on any atom is 0.407 e. The van der Waals surface area contributed by atoms with Crippen LogP contribution in [0.3, 0.4) is 0 Å². The molecule has 9 aromatic carbocycles. The smallest absolute Gasteiger partial charge is 0.407 e. The molecule has 0 aliphatic heterocycles. The SMILES string of the molecule is C.COC(=O)CC(NC(=O)C(CC(=O)NC(c1ccccc1)(c1ccccc1)c1ccccc1)NC(=O)C(Cc1c[nH]c2ccccc12)NC(=O)OCC1c2ccccc2-c2ccccc21)C(=O)NC(C(=O)NCC(C)=O)C(C)O.COC(=O)CC(NC(=O)C(N)CC(=O)NC(c1ccccc1)(c1ccccc1)c1ccccc1)C(=O)NC(C(=O)NCC(C)=O)C(C)O. The Morgan fingerprint density at radius 2 is 0.727 bits per heavy atom. The molecule has 128 heavy (non-hydrogen) atoms. The van der Waals surface area contributed by atoms with Gasteiger partial charge in [0.2, 0.25) is 53.2 Å². The number of nitrogens with one attached hydrogen (secondary N) is 11. The summed E-state index contributed by atoms with van der Waals surface area (Å²) < 4.78 is 15.4. The number of esters is 2. The Kier molecular flexibility index (Phi) is 35.0. The van der Waals surface area contributed by atoms with Gasteiger partial charge in [-0.3, -0.25) is 62.3 Å². The van der Waals surface area contributed by atoms with Gasteiger partial charge in [0.05, 0.1) is 71.2 Å². The van der Waals surface area contributed by atoms with Gasteiger partial charge in [-0.2, -0.15) is 0 Å². The molecule has 10 amide bonds. The topological polar surface area (TPSA) is 469 Å². The predicted molar refractivity (Wildman–Crippen MR) is 476 cm³/mol. The van der Waals surface area contributed by atoms with Crippen molar-refractivity contribution in [3.8, 4) is 11.1 Å². The number of nitrogens with two attached hydrogens (primary N) is 1. The van der Waals surface area contributed by atoms with Crippen LogP contribution in [-0.4, -0.2) is 186 Å². The molecule has 0 saturated carbocycles. The molecule has 9 atom stereocenters. The van der Waals surface area contributed by atoms with Crippen molar-refractivity contribution in [1.29, 1.82) is 0 Å². The molecular weight excluding hydrogens is 1640 g/mol. The van der Waals surface area contributed by atoms with Crippen LogP contribution in [0.25, 0.3) is 22.0 Å². The molecular formula is C97H106N12O19. The van der Waals surface area contributed by atoms with Gasteiger partial charge in [0, 0.05) is 29.4 Å². The highest BCUT2D eigenvalue weighted by Gasteiger charge is 2.43. The molecule has 15 N–H and O–H groups in total. The summed E-state index contributed by atoms with van der Waals surface area (Å²) in [5, 5.41) is 47.2. The number of aliphatic hydroxyl groups excluding tert-OH is 2. The number of hydrogen-bond donors (Lipinski definition) is 14. The van der Waals surface area contributed by atoms with Gasteiger partial charge in [0.25, 0.3) is 0 Å². The third kappa shape index (κ3) is 25.0. The number of ketones is 2. The number of H-pyrrole nitrogens is 1. The average molecular weight is 1740 g/mol. The first-order valence-electron chi connectivity index (χ1n) is 41.0. The Morgan fingerprint density at radius 3 is 1.10 bits per heavy atom. The number of ether oxygens (including phenoxy) is 3. The summed E-state index contributed by atoms with van der Waals surface area (Å²) in [4.78, 5) is 190. The number of rotatable bonds is 39. The van der Waals surface area contributed by atoms with Gasteiger partial charge < -0.3 is 88.3 Å². The number of hydrogen-bond acceptors (Lipinski definition) is 20. The molecule has 0 saturated heterocycles. The fourth-order valence-electron chi connectivity index (χ4n) is 15.0. The lowest BCUT2D eigenvalue weighted by molar-refractivity contribution is -0.145. The molecule has 0 bridgehead atoms. The van der Waals surface area contributed by atoms with Crippen molar-refractivity contribution >= 4 is 93.7 Å². The van der Waals surface area contributed by atoms with E-state index in [1.54, 1.807) is 6.20 Å². The van der Waals surface area contributed by atoms with E-state index in [9.17, 15) is 67.7 Å². The molecule has 0 fully saturated rings. The zero-order chi connectivity index (χ0) is 91.3. The highest BCUT2D eigenvalue weighted by Crippen LogP contribution is 2.45. The molecule has 9 unspecified atom stereocenters. The molecule has 668 valence electrons. The van der Waals surface area contributed by atoms with E-state index in [1.165, 1.54) is 27.7 Å². The normalized spacial score (nSPS) is 13.5. The number of benzene rings is 9. The van der Waals surface area contributed by atoms with Crippen molar-refractivity contribution in [1.82, 2.24) is 58.2 Å². The number of carbonyl (C=O) groups excluding carboxylic acids is 14. The van der Waals surface area contributed by atoms with E-state index < -0.39 is 175 Å². The highest BCUT2D eigenvalue weighted by molar-refractivity contribution is 6.01. The van der Waals surface area contributed by atoms with Crippen LogP contribution in [0.15, 0.2) is 261 Å². The number of carbonyl (C=O) groups is 14. The van der Waals surface area contributed by atoms with E-state index in [0.29, 0.717) is 22.3 Å². The van der Waals surface area contributed by atoms with E-state index in [-0.39, 0.29) is 38.7 Å². The highest BCUT2D eigenvalue weighted by atomic mass is 16.5. The number of alkyl carbamates (subject to hydrolysis) is 1. The largest absolute Gasteiger partial charge is 0.469 e. The van der Waals surface area contributed by atoms with Crippen LogP contribution in [-0.2, 0) is 94.0 Å². The summed E-state index contributed by atoms with van der Waals surface area (Å²) >= 11 is 0. The fraction of sp³-hybridized carbons (Fsp3) is 0.278. The van der Waals surface area contributed by atoms with E-state index in [1.807, 2.05) is 255 Å². The van der Waals surface area contributed by atoms with Crippen LogP contribution in [0.4, 0.5) is 4.79 Å². The monoisotopic (exact) mass is 1740 g/mol.